The van der Waals surface area contributed by atoms with Crippen molar-refractivity contribution in [2.24, 2.45) is 11.8 Å². The van der Waals surface area contributed by atoms with Gasteiger partial charge in [-0.1, -0.05) is 13.8 Å². The molecule has 1 unspecified atom stereocenters. The monoisotopic (exact) mass is 306 g/mol. The van der Waals surface area contributed by atoms with Crippen molar-refractivity contribution in [3.63, 3.8) is 0 Å². The highest BCUT2D eigenvalue weighted by Crippen LogP contribution is 2.29. The van der Waals surface area contributed by atoms with Crippen molar-refractivity contribution < 1.29 is 8.78 Å². The zero-order valence-corrected chi connectivity index (χ0v) is 11.5. The van der Waals surface area contributed by atoms with Gasteiger partial charge in [0.1, 0.15) is 11.6 Å². The van der Waals surface area contributed by atoms with Crippen LogP contribution in [0, 0.1) is 17.6 Å². The van der Waals surface area contributed by atoms with Crippen molar-refractivity contribution in [1.29, 1.82) is 0 Å². The zero-order chi connectivity index (χ0) is 13.0. The summed E-state index contributed by atoms with van der Waals surface area (Å²) in [6.45, 7) is 4.11. The molecule has 0 saturated heterocycles. The lowest BCUT2D eigenvalue weighted by atomic mass is 9.97. The molecular formula is C12H17BrF2N2. The van der Waals surface area contributed by atoms with Crippen LogP contribution in [0.1, 0.15) is 38.3 Å². The second kappa shape index (κ2) is 6.42. The summed E-state index contributed by atoms with van der Waals surface area (Å²) in [5, 5.41) is 0. The lowest BCUT2D eigenvalue weighted by Gasteiger charge is -2.19. The second-order valence-electron chi connectivity index (χ2n) is 4.45. The molecule has 0 aliphatic carbocycles. The summed E-state index contributed by atoms with van der Waals surface area (Å²) < 4.78 is 27.7. The molecule has 0 spiro atoms. The van der Waals surface area contributed by atoms with Crippen molar-refractivity contribution in [2.45, 2.75) is 32.7 Å². The zero-order valence-electron chi connectivity index (χ0n) is 9.93. The van der Waals surface area contributed by atoms with Gasteiger partial charge in [-0.15, -0.1) is 0 Å². The summed E-state index contributed by atoms with van der Waals surface area (Å²) in [4.78, 5) is 0. The highest BCUT2D eigenvalue weighted by atomic mass is 79.9. The van der Waals surface area contributed by atoms with Crippen molar-refractivity contribution >= 4 is 15.9 Å². The molecule has 96 valence electrons. The van der Waals surface area contributed by atoms with Crippen LogP contribution >= 0.6 is 15.9 Å². The fourth-order valence-electron chi connectivity index (χ4n) is 1.67. The Morgan fingerprint density at radius 2 is 1.94 bits per heavy atom. The van der Waals surface area contributed by atoms with Gasteiger partial charge in [-0.2, -0.15) is 0 Å². The van der Waals surface area contributed by atoms with Gasteiger partial charge in [-0.3, -0.25) is 11.3 Å². The van der Waals surface area contributed by atoms with E-state index in [1.54, 1.807) is 0 Å². The van der Waals surface area contributed by atoms with E-state index >= 15 is 0 Å². The molecule has 0 saturated carbocycles. The first kappa shape index (κ1) is 14.5. The second-order valence-corrected chi connectivity index (χ2v) is 5.30. The van der Waals surface area contributed by atoms with E-state index in [0.29, 0.717) is 12.3 Å². The van der Waals surface area contributed by atoms with E-state index in [2.05, 4.69) is 35.2 Å². The maximum absolute atomic E-state index is 13.8. The van der Waals surface area contributed by atoms with Crippen LogP contribution in [0.25, 0.3) is 0 Å². The number of hydrogen-bond donors (Lipinski definition) is 2. The Kier molecular flexibility index (Phi) is 5.49. The molecule has 0 bridgehead atoms. The Balaban J connectivity index is 2.98. The summed E-state index contributed by atoms with van der Waals surface area (Å²) in [6.07, 6.45) is 1.44. The lowest BCUT2D eigenvalue weighted by Crippen LogP contribution is -2.30. The molecule has 0 aliphatic heterocycles. The first-order chi connectivity index (χ1) is 7.97. The standard InChI is InChI=1S/C12H17BrF2N2/c1-7(2)3-6-10(17-16)11-9(14)5-4-8(13)12(11)15/h4-5,7,10,17H,3,6,16H2,1-2H3. The topological polar surface area (TPSA) is 38.0 Å². The van der Waals surface area contributed by atoms with Crippen molar-refractivity contribution in [3.05, 3.63) is 33.8 Å². The summed E-state index contributed by atoms with van der Waals surface area (Å²) in [5.74, 6) is 4.68. The molecule has 3 N–H and O–H groups in total. The number of nitrogens with one attached hydrogen (secondary N) is 1. The van der Waals surface area contributed by atoms with Crippen LogP contribution in [0.4, 0.5) is 8.78 Å². The number of halogens is 3. The van der Waals surface area contributed by atoms with Gasteiger partial charge in [0.05, 0.1) is 10.5 Å². The van der Waals surface area contributed by atoms with Gasteiger partial charge in [0.25, 0.3) is 0 Å². The molecule has 0 amide bonds. The highest BCUT2D eigenvalue weighted by Gasteiger charge is 2.21. The fourth-order valence-corrected chi connectivity index (χ4v) is 2.02. The van der Waals surface area contributed by atoms with Crippen LogP contribution in [-0.2, 0) is 0 Å². The molecule has 1 atom stereocenters. The Hall–Kier alpha value is -0.520. The van der Waals surface area contributed by atoms with E-state index in [0.717, 1.165) is 6.42 Å². The Labute approximate surface area is 109 Å². The smallest absolute Gasteiger partial charge is 0.145 e. The average molecular weight is 307 g/mol. The average Bonchev–Trinajstić information content (AvgIpc) is 2.28. The third kappa shape index (κ3) is 3.72. The lowest BCUT2D eigenvalue weighted by molar-refractivity contribution is 0.415. The summed E-state index contributed by atoms with van der Waals surface area (Å²) >= 11 is 3.05. The maximum Gasteiger partial charge on any atom is 0.145 e. The van der Waals surface area contributed by atoms with Crippen molar-refractivity contribution in [1.82, 2.24) is 5.43 Å². The maximum atomic E-state index is 13.8. The van der Waals surface area contributed by atoms with Gasteiger partial charge in [-0.05, 0) is 46.8 Å². The molecule has 1 aromatic carbocycles. The van der Waals surface area contributed by atoms with Gasteiger partial charge in [0, 0.05) is 5.56 Å². The molecular weight excluding hydrogens is 290 g/mol. The minimum absolute atomic E-state index is 0.00234. The summed E-state index contributed by atoms with van der Waals surface area (Å²) in [5.41, 5.74) is 2.48. The number of hydrazine groups is 1. The Morgan fingerprint density at radius 3 is 2.47 bits per heavy atom. The molecule has 2 nitrogen and oxygen atoms in total. The van der Waals surface area contributed by atoms with Crippen LogP contribution in [0.3, 0.4) is 0 Å². The minimum atomic E-state index is -0.586. The van der Waals surface area contributed by atoms with E-state index in [1.807, 2.05) is 0 Å². The van der Waals surface area contributed by atoms with Gasteiger partial charge in [0.2, 0.25) is 0 Å². The van der Waals surface area contributed by atoms with Crippen molar-refractivity contribution in [2.75, 3.05) is 0 Å². The SMILES string of the molecule is CC(C)CCC(NN)c1c(F)ccc(Br)c1F. The van der Waals surface area contributed by atoms with Crippen LogP contribution < -0.4 is 11.3 Å². The third-order valence-corrected chi connectivity index (χ3v) is 3.27. The first-order valence-electron chi connectivity index (χ1n) is 5.56. The molecule has 0 aromatic heterocycles. The summed E-state index contributed by atoms with van der Waals surface area (Å²) in [6, 6.07) is 2.08. The van der Waals surface area contributed by atoms with Gasteiger partial charge >= 0.3 is 0 Å². The number of rotatable bonds is 5. The molecule has 1 aromatic rings. The van der Waals surface area contributed by atoms with E-state index in [9.17, 15) is 8.78 Å². The van der Waals surface area contributed by atoms with Crippen LogP contribution in [0.15, 0.2) is 16.6 Å². The normalized spacial score (nSPS) is 13.1. The minimum Gasteiger partial charge on any atom is -0.271 e. The van der Waals surface area contributed by atoms with Crippen LogP contribution in [0.2, 0.25) is 0 Å². The van der Waals surface area contributed by atoms with E-state index in [1.165, 1.54) is 12.1 Å². The van der Waals surface area contributed by atoms with Crippen molar-refractivity contribution in [3.8, 4) is 0 Å². The molecule has 0 heterocycles. The van der Waals surface area contributed by atoms with E-state index in [4.69, 9.17) is 5.84 Å². The number of benzene rings is 1. The number of nitrogens with two attached hydrogens (primary N) is 1. The van der Waals surface area contributed by atoms with E-state index < -0.39 is 17.7 Å². The quantitative estimate of drug-likeness (QED) is 0.495. The molecule has 17 heavy (non-hydrogen) atoms. The largest absolute Gasteiger partial charge is 0.271 e. The summed E-state index contributed by atoms with van der Waals surface area (Å²) in [7, 11) is 0. The number of hydrogen-bond acceptors (Lipinski definition) is 2. The molecule has 0 fully saturated rings. The Bertz CT molecular complexity index is 383. The van der Waals surface area contributed by atoms with Gasteiger partial charge in [0.15, 0.2) is 0 Å². The van der Waals surface area contributed by atoms with Gasteiger partial charge < -0.3 is 0 Å². The van der Waals surface area contributed by atoms with Crippen LogP contribution in [-0.4, -0.2) is 0 Å². The van der Waals surface area contributed by atoms with Crippen LogP contribution in [0.5, 0.6) is 0 Å². The molecule has 5 heteroatoms. The highest BCUT2D eigenvalue weighted by molar-refractivity contribution is 9.10. The Morgan fingerprint density at radius 1 is 1.29 bits per heavy atom. The van der Waals surface area contributed by atoms with Gasteiger partial charge in [-0.25, -0.2) is 8.78 Å². The first-order valence-corrected chi connectivity index (χ1v) is 6.36. The predicted octanol–water partition coefficient (Wildman–Crippen LogP) is 3.67. The molecule has 0 radical (unpaired) electrons. The third-order valence-electron chi connectivity index (χ3n) is 2.66. The predicted molar refractivity (Wildman–Crippen MR) is 68.2 cm³/mol. The fraction of sp³-hybridized carbons (Fsp3) is 0.500. The molecule has 1 rings (SSSR count). The molecule has 0 aliphatic rings. The van der Waals surface area contributed by atoms with E-state index in [-0.39, 0.29) is 10.0 Å².